The van der Waals surface area contributed by atoms with Crippen LogP contribution in [0.15, 0.2) is 30.3 Å². The Hall–Kier alpha value is -1.39. The molecule has 3 aliphatic rings. The van der Waals surface area contributed by atoms with Crippen LogP contribution in [0.2, 0.25) is 0 Å². The van der Waals surface area contributed by atoms with Crippen molar-refractivity contribution in [3.05, 3.63) is 30.3 Å². The average Bonchev–Trinajstić information content (AvgIpc) is 2.91. The highest BCUT2D eigenvalue weighted by Crippen LogP contribution is 2.39. The lowest BCUT2D eigenvalue weighted by Gasteiger charge is -2.36. The number of carbonyl (C=O) groups excluding carboxylic acids is 1. The summed E-state index contributed by atoms with van der Waals surface area (Å²) in [6, 6.07) is 10.4. The molecule has 1 atom stereocenters. The van der Waals surface area contributed by atoms with Gasteiger partial charge in [0, 0.05) is 11.6 Å². The molecule has 0 radical (unpaired) electrons. The van der Waals surface area contributed by atoms with E-state index in [9.17, 15) is 4.79 Å². The molecule has 2 aliphatic heterocycles. The SMILES string of the molecule is O=C(C1CCC1)N(c1ccccc1)C1COC2(CCNCC2)C1. The molecule has 23 heavy (non-hydrogen) atoms. The molecule has 0 aromatic heterocycles. The van der Waals surface area contributed by atoms with E-state index in [0.29, 0.717) is 12.5 Å². The number of piperidine rings is 1. The van der Waals surface area contributed by atoms with Crippen molar-refractivity contribution in [2.75, 3.05) is 24.6 Å². The van der Waals surface area contributed by atoms with Crippen molar-refractivity contribution in [3.63, 3.8) is 0 Å². The van der Waals surface area contributed by atoms with E-state index in [1.54, 1.807) is 0 Å². The number of hydrogen-bond donors (Lipinski definition) is 1. The van der Waals surface area contributed by atoms with Gasteiger partial charge in [0.2, 0.25) is 5.91 Å². The molecule has 4 nitrogen and oxygen atoms in total. The van der Waals surface area contributed by atoms with Gasteiger partial charge in [-0.05, 0) is 57.3 Å². The summed E-state index contributed by atoms with van der Waals surface area (Å²) in [5.74, 6) is 0.529. The monoisotopic (exact) mass is 314 g/mol. The third-order valence-corrected chi connectivity index (χ3v) is 5.80. The number of rotatable bonds is 3. The first-order valence-electron chi connectivity index (χ1n) is 9.00. The first-order valence-corrected chi connectivity index (χ1v) is 9.00. The largest absolute Gasteiger partial charge is 0.373 e. The van der Waals surface area contributed by atoms with E-state index < -0.39 is 0 Å². The van der Waals surface area contributed by atoms with Crippen LogP contribution in [0.4, 0.5) is 5.69 Å². The fraction of sp³-hybridized carbons (Fsp3) is 0.632. The lowest BCUT2D eigenvalue weighted by molar-refractivity contribution is -0.125. The molecule has 1 aromatic rings. The second-order valence-electron chi connectivity index (χ2n) is 7.27. The summed E-state index contributed by atoms with van der Waals surface area (Å²) in [6.07, 6.45) is 6.38. The van der Waals surface area contributed by atoms with E-state index >= 15 is 0 Å². The molecular formula is C19H26N2O2. The molecule has 2 heterocycles. The van der Waals surface area contributed by atoms with Gasteiger partial charge in [-0.2, -0.15) is 0 Å². The van der Waals surface area contributed by atoms with E-state index in [4.69, 9.17) is 4.74 Å². The number of anilines is 1. The van der Waals surface area contributed by atoms with Crippen molar-refractivity contribution >= 4 is 11.6 Å². The van der Waals surface area contributed by atoms with Gasteiger partial charge in [-0.25, -0.2) is 0 Å². The van der Waals surface area contributed by atoms with E-state index in [1.807, 2.05) is 18.2 Å². The van der Waals surface area contributed by atoms with E-state index in [2.05, 4.69) is 22.3 Å². The summed E-state index contributed by atoms with van der Waals surface area (Å²) in [5, 5.41) is 3.41. The van der Waals surface area contributed by atoms with Crippen LogP contribution in [0, 0.1) is 5.92 Å². The number of amides is 1. The van der Waals surface area contributed by atoms with Crippen molar-refractivity contribution < 1.29 is 9.53 Å². The quantitative estimate of drug-likeness (QED) is 0.933. The summed E-state index contributed by atoms with van der Waals surface area (Å²) >= 11 is 0. The Balaban J connectivity index is 1.57. The maximum Gasteiger partial charge on any atom is 0.230 e. The summed E-state index contributed by atoms with van der Waals surface area (Å²) in [4.78, 5) is 15.1. The van der Waals surface area contributed by atoms with Gasteiger partial charge in [0.15, 0.2) is 0 Å². The van der Waals surface area contributed by atoms with Crippen LogP contribution in [0.1, 0.15) is 38.5 Å². The maximum atomic E-state index is 13.0. The minimum atomic E-state index is -0.0111. The van der Waals surface area contributed by atoms with Gasteiger partial charge in [-0.3, -0.25) is 4.79 Å². The Bertz CT molecular complexity index is 550. The number of nitrogens with zero attached hydrogens (tertiary/aromatic N) is 1. The minimum absolute atomic E-state index is 0.0111. The predicted octanol–water partition coefficient (Wildman–Crippen LogP) is 2.73. The van der Waals surface area contributed by atoms with Crippen molar-refractivity contribution in [3.8, 4) is 0 Å². The molecule has 3 fully saturated rings. The zero-order valence-electron chi connectivity index (χ0n) is 13.7. The first kappa shape index (κ1) is 15.2. The van der Waals surface area contributed by atoms with Crippen molar-refractivity contribution in [2.24, 2.45) is 5.92 Å². The van der Waals surface area contributed by atoms with Gasteiger partial charge in [-0.1, -0.05) is 24.6 Å². The van der Waals surface area contributed by atoms with Gasteiger partial charge in [0.25, 0.3) is 0 Å². The second kappa shape index (κ2) is 6.25. The molecule has 1 unspecified atom stereocenters. The van der Waals surface area contributed by atoms with Crippen LogP contribution in [-0.4, -0.2) is 37.2 Å². The fourth-order valence-electron chi connectivity index (χ4n) is 4.18. The average molecular weight is 314 g/mol. The second-order valence-corrected chi connectivity index (χ2v) is 7.27. The van der Waals surface area contributed by atoms with Crippen molar-refractivity contribution in [1.82, 2.24) is 5.32 Å². The molecule has 2 saturated heterocycles. The third kappa shape index (κ3) is 2.90. The zero-order chi connectivity index (χ0) is 15.7. The molecule has 1 amide bonds. The number of nitrogens with one attached hydrogen (secondary N) is 1. The molecule has 124 valence electrons. The summed E-state index contributed by atoms with van der Waals surface area (Å²) in [6.45, 7) is 2.72. The number of benzene rings is 1. The Morgan fingerprint density at radius 3 is 2.57 bits per heavy atom. The number of carbonyl (C=O) groups is 1. The van der Waals surface area contributed by atoms with Crippen LogP contribution in [0.25, 0.3) is 0 Å². The summed E-state index contributed by atoms with van der Waals surface area (Å²) in [5.41, 5.74) is 1.02. The van der Waals surface area contributed by atoms with Gasteiger partial charge in [-0.15, -0.1) is 0 Å². The topological polar surface area (TPSA) is 41.6 Å². The Morgan fingerprint density at radius 1 is 1.17 bits per heavy atom. The smallest absolute Gasteiger partial charge is 0.230 e. The van der Waals surface area contributed by atoms with E-state index in [1.165, 1.54) is 6.42 Å². The molecule has 1 saturated carbocycles. The van der Waals surface area contributed by atoms with Crippen LogP contribution in [-0.2, 0) is 9.53 Å². The fourth-order valence-corrected chi connectivity index (χ4v) is 4.18. The molecule has 4 heteroatoms. The van der Waals surface area contributed by atoms with Gasteiger partial charge in [0.1, 0.15) is 0 Å². The van der Waals surface area contributed by atoms with Crippen LogP contribution < -0.4 is 10.2 Å². The lowest BCUT2D eigenvalue weighted by atomic mass is 9.83. The molecule has 1 N–H and O–H groups in total. The highest BCUT2D eigenvalue weighted by molar-refractivity contribution is 5.96. The van der Waals surface area contributed by atoms with Gasteiger partial charge in [0.05, 0.1) is 18.2 Å². The molecule has 1 aliphatic carbocycles. The maximum absolute atomic E-state index is 13.0. The molecule has 0 bridgehead atoms. The molecule has 4 rings (SSSR count). The Labute approximate surface area is 138 Å². The highest BCUT2D eigenvalue weighted by atomic mass is 16.5. The summed E-state index contributed by atoms with van der Waals surface area (Å²) in [7, 11) is 0. The Morgan fingerprint density at radius 2 is 1.91 bits per heavy atom. The van der Waals surface area contributed by atoms with Crippen LogP contribution >= 0.6 is 0 Å². The lowest BCUT2D eigenvalue weighted by Crippen LogP contribution is -2.47. The molecule has 1 aromatic carbocycles. The first-order chi connectivity index (χ1) is 11.3. The number of hydrogen-bond acceptors (Lipinski definition) is 3. The number of para-hydroxylation sites is 1. The molecule has 1 spiro atoms. The molecular weight excluding hydrogens is 288 g/mol. The van der Waals surface area contributed by atoms with Crippen molar-refractivity contribution in [2.45, 2.75) is 50.2 Å². The Kier molecular flexibility index (Phi) is 4.12. The highest BCUT2D eigenvalue weighted by Gasteiger charge is 2.45. The normalized spacial score (nSPS) is 26.9. The van der Waals surface area contributed by atoms with E-state index in [0.717, 1.165) is 50.9 Å². The van der Waals surface area contributed by atoms with Crippen molar-refractivity contribution in [1.29, 1.82) is 0 Å². The number of ether oxygens (including phenoxy) is 1. The predicted molar refractivity (Wildman–Crippen MR) is 90.5 cm³/mol. The minimum Gasteiger partial charge on any atom is -0.373 e. The summed E-state index contributed by atoms with van der Waals surface area (Å²) < 4.78 is 6.24. The van der Waals surface area contributed by atoms with Gasteiger partial charge < -0.3 is 15.0 Å². The third-order valence-electron chi connectivity index (χ3n) is 5.80. The van der Waals surface area contributed by atoms with Crippen LogP contribution in [0.5, 0.6) is 0 Å². The van der Waals surface area contributed by atoms with E-state index in [-0.39, 0.29) is 17.6 Å². The van der Waals surface area contributed by atoms with Gasteiger partial charge >= 0.3 is 0 Å². The van der Waals surface area contributed by atoms with Crippen LogP contribution in [0.3, 0.4) is 0 Å². The standard InChI is InChI=1S/C19H26N2O2/c22-18(15-5-4-6-15)21(16-7-2-1-3-8-16)17-13-19(23-14-17)9-11-20-12-10-19/h1-3,7-8,15,17,20H,4-6,9-14H2. The zero-order valence-corrected chi connectivity index (χ0v) is 13.7.